The molecule has 0 unspecified atom stereocenters. The molecule has 0 spiro atoms. The molecule has 0 heterocycles. The highest BCUT2D eigenvalue weighted by molar-refractivity contribution is 6.32. The van der Waals surface area contributed by atoms with E-state index in [1.54, 1.807) is 18.2 Å². The summed E-state index contributed by atoms with van der Waals surface area (Å²) in [4.78, 5) is 10.2. The zero-order valence-electron chi connectivity index (χ0n) is 10.1. The van der Waals surface area contributed by atoms with Gasteiger partial charge >= 0.3 is 0 Å². The second-order valence-electron chi connectivity index (χ2n) is 4.01. The molecule has 0 aliphatic rings. The van der Waals surface area contributed by atoms with Gasteiger partial charge in [-0.05, 0) is 24.3 Å². The van der Waals surface area contributed by atoms with Crippen LogP contribution in [-0.2, 0) is 6.54 Å². The summed E-state index contributed by atoms with van der Waals surface area (Å²) in [6, 6.07) is 8.64. The average molecular weight is 315 g/mol. The number of anilines is 1. The van der Waals surface area contributed by atoms with E-state index in [0.29, 0.717) is 16.3 Å². The molecule has 20 heavy (non-hydrogen) atoms. The van der Waals surface area contributed by atoms with Gasteiger partial charge in [-0.1, -0.05) is 29.3 Å². The minimum atomic E-state index is -0.573. The SMILES string of the molecule is O=[N+]([O-])c1cc(NCc2ccc(Cl)cc2F)ccc1Cl. The van der Waals surface area contributed by atoms with Gasteiger partial charge in [-0.3, -0.25) is 10.1 Å². The van der Waals surface area contributed by atoms with Crippen LogP contribution in [0.15, 0.2) is 36.4 Å². The molecular weight excluding hydrogens is 306 g/mol. The first-order valence-corrected chi connectivity index (χ1v) is 6.34. The fraction of sp³-hybridized carbons (Fsp3) is 0.0769. The number of nitro groups is 1. The highest BCUT2D eigenvalue weighted by atomic mass is 35.5. The molecule has 0 radical (unpaired) electrons. The van der Waals surface area contributed by atoms with Crippen molar-refractivity contribution in [3.63, 3.8) is 0 Å². The van der Waals surface area contributed by atoms with E-state index in [2.05, 4.69) is 5.32 Å². The zero-order chi connectivity index (χ0) is 14.7. The van der Waals surface area contributed by atoms with Crippen LogP contribution in [0.3, 0.4) is 0 Å². The van der Waals surface area contributed by atoms with E-state index in [9.17, 15) is 14.5 Å². The van der Waals surface area contributed by atoms with Crippen molar-refractivity contribution in [1.29, 1.82) is 0 Å². The van der Waals surface area contributed by atoms with E-state index < -0.39 is 10.7 Å². The molecule has 0 aliphatic heterocycles. The Morgan fingerprint density at radius 2 is 1.95 bits per heavy atom. The largest absolute Gasteiger partial charge is 0.381 e. The summed E-state index contributed by atoms with van der Waals surface area (Å²) in [5.41, 5.74) is 0.690. The van der Waals surface area contributed by atoms with Crippen LogP contribution in [-0.4, -0.2) is 4.92 Å². The predicted molar refractivity (Wildman–Crippen MR) is 76.8 cm³/mol. The molecule has 7 heteroatoms. The third-order valence-corrected chi connectivity index (χ3v) is 3.20. The van der Waals surface area contributed by atoms with Crippen LogP contribution >= 0.6 is 23.2 Å². The maximum atomic E-state index is 13.6. The van der Waals surface area contributed by atoms with E-state index in [0.717, 1.165) is 0 Å². The molecule has 0 saturated carbocycles. The summed E-state index contributed by atoms with van der Waals surface area (Å²) in [7, 11) is 0. The smallest absolute Gasteiger partial charge is 0.289 e. The lowest BCUT2D eigenvalue weighted by Crippen LogP contribution is -2.02. The number of benzene rings is 2. The van der Waals surface area contributed by atoms with Crippen LogP contribution < -0.4 is 5.32 Å². The van der Waals surface area contributed by atoms with E-state index in [4.69, 9.17) is 23.2 Å². The van der Waals surface area contributed by atoms with Crippen LogP contribution in [0.25, 0.3) is 0 Å². The normalized spacial score (nSPS) is 10.3. The van der Waals surface area contributed by atoms with Crippen molar-refractivity contribution in [2.75, 3.05) is 5.32 Å². The Balaban J connectivity index is 2.15. The summed E-state index contributed by atoms with van der Waals surface area (Å²) in [5.74, 6) is -0.437. The van der Waals surface area contributed by atoms with Gasteiger partial charge in [-0.25, -0.2) is 4.39 Å². The number of halogens is 3. The standard InChI is InChI=1S/C13H9Cl2FN2O2/c14-9-2-1-8(12(16)5-9)7-17-10-3-4-11(15)13(6-10)18(19)20/h1-6,17H,7H2. The summed E-state index contributed by atoms with van der Waals surface area (Å²) in [6.45, 7) is 0.182. The zero-order valence-corrected chi connectivity index (χ0v) is 11.6. The number of nitrogens with zero attached hydrogens (tertiary/aromatic N) is 1. The Morgan fingerprint density at radius 1 is 1.20 bits per heavy atom. The first kappa shape index (κ1) is 14.6. The second kappa shape index (κ2) is 6.07. The first-order valence-electron chi connectivity index (χ1n) is 5.59. The molecule has 0 aromatic heterocycles. The van der Waals surface area contributed by atoms with E-state index in [-0.39, 0.29) is 17.3 Å². The summed E-state index contributed by atoms with van der Waals surface area (Å²) in [5, 5.41) is 14.0. The Labute approximate surface area is 124 Å². The summed E-state index contributed by atoms with van der Waals surface area (Å²) < 4.78 is 13.6. The number of hydrogen-bond donors (Lipinski definition) is 1. The molecule has 1 N–H and O–H groups in total. The van der Waals surface area contributed by atoms with E-state index in [1.165, 1.54) is 18.2 Å². The van der Waals surface area contributed by atoms with Gasteiger partial charge in [0, 0.05) is 28.9 Å². The molecule has 2 aromatic carbocycles. The first-order chi connectivity index (χ1) is 9.47. The van der Waals surface area contributed by atoms with Gasteiger partial charge in [0.1, 0.15) is 10.8 Å². The molecule has 0 bridgehead atoms. The maximum Gasteiger partial charge on any atom is 0.289 e. The topological polar surface area (TPSA) is 55.2 Å². The molecule has 0 aliphatic carbocycles. The minimum Gasteiger partial charge on any atom is -0.381 e. The van der Waals surface area contributed by atoms with Gasteiger partial charge < -0.3 is 5.32 Å². The number of rotatable bonds is 4. The van der Waals surface area contributed by atoms with Gasteiger partial charge in [0.25, 0.3) is 5.69 Å². The molecule has 0 saturated heterocycles. The predicted octanol–water partition coefficient (Wildman–Crippen LogP) is 4.65. The van der Waals surface area contributed by atoms with Crippen molar-refractivity contribution < 1.29 is 9.31 Å². The van der Waals surface area contributed by atoms with E-state index >= 15 is 0 Å². The van der Waals surface area contributed by atoms with Crippen LogP contribution in [0.5, 0.6) is 0 Å². The summed E-state index contributed by atoms with van der Waals surface area (Å²) in [6.07, 6.45) is 0. The molecule has 0 atom stereocenters. The highest BCUT2D eigenvalue weighted by Gasteiger charge is 2.12. The molecule has 2 rings (SSSR count). The average Bonchev–Trinajstić information content (AvgIpc) is 2.39. The van der Waals surface area contributed by atoms with Crippen LogP contribution in [0.2, 0.25) is 10.0 Å². The van der Waals surface area contributed by atoms with Crippen LogP contribution in [0, 0.1) is 15.9 Å². The lowest BCUT2D eigenvalue weighted by molar-refractivity contribution is -0.384. The quantitative estimate of drug-likeness (QED) is 0.660. The molecular formula is C13H9Cl2FN2O2. The number of hydrogen-bond acceptors (Lipinski definition) is 3. The van der Waals surface area contributed by atoms with Crippen molar-refractivity contribution in [2.24, 2.45) is 0 Å². The summed E-state index contributed by atoms with van der Waals surface area (Å²) >= 11 is 11.4. The fourth-order valence-electron chi connectivity index (χ4n) is 1.62. The van der Waals surface area contributed by atoms with E-state index in [1.807, 2.05) is 0 Å². The Morgan fingerprint density at radius 3 is 2.60 bits per heavy atom. The Kier molecular flexibility index (Phi) is 4.42. The van der Waals surface area contributed by atoms with Gasteiger partial charge in [-0.15, -0.1) is 0 Å². The van der Waals surface area contributed by atoms with Crippen molar-refractivity contribution >= 4 is 34.6 Å². The maximum absolute atomic E-state index is 13.6. The van der Waals surface area contributed by atoms with Gasteiger partial charge in [0.15, 0.2) is 0 Å². The van der Waals surface area contributed by atoms with Crippen LogP contribution in [0.4, 0.5) is 15.8 Å². The van der Waals surface area contributed by atoms with Gasteiger partial charge in [0.2, 0.25) is 0 Å². The lowest BCUT2D eigenvalue weighted by atomic mass is 10.2. The Bertz CT molecular complexity index is 665. The third kappa shape index (κ3) is 3.37. The minimum absolute atomic E-state index is 0.0539. The molecule has 2 aromatic rings. The van der Waals surface area contributed by atoms with Crippen molar-refractivity contribution in [3.05, 3.63) is 67.9 Å². The third-order valence-electron chi connectivity index (χ3n) is 2.64. The van der Waals surface area contributed by atoms with Crippen LogP contribution in [0.1, 0.15) is 5.56 Å². The Hall–Kier alpha value is -1.85. The second-order valence-corrected chi connectivity index (χ2v) is 4.86. The molecule has 0 fully saturated rings. The van der Waals surface area contributed by atoms with Crippen molar-refractivity contribution in [3.8, 4) is 0 Å². The fourth-order valence-corrected chi connectivity index (χ4v) is 1.97. The van der Waals surface area contributed by atoms with Crippen molar-refractivity contribution in [2.45, 2.75) is 6.54 Å². The highest BCUT2D eigenvalue weighted by Crippen LogP contribution is 2.27. The molecule has 104 valence electrons. The van der Waals surface area contributed by atoms with Crippen molar-refractivity contribution in [1.82, 2.24) is 0 Å². The molecule has 4 nitrogen and oxygen atoms in total. The monoisotopic (exact) mass is 314 g/mol. The number of nitro benzene ring substituents is 1. The van der Waals surface area contributed by atoms with Gasteiger partial charge in [0.05, 0.1) is 4.92 Å². The lowest BCUT2D eigenvalue weighted by Gasteiger charge is -2.08. The van der Waals surface area contributed by atoms with Gasteiger partial charge in [-0.2, -0.15) is 0 Å². The number of nitrogens with one attached hydrogen (secondary N) is 1. The molecule has 0 amide bonds.